The lowest BCUT2D eigenvalue weighted by Crippen LogP contribution is -1.94. The Kier molecular flexibility index (Phi) is 2.20. The van der Waals surface area contributed by atoms with Gasteiger partial charge < -0.3 is 5.21 Å². The van der Waals surface area contributed by atoms with Gasteiger partial charge in [0.2, 0.25) is 6.21 Å². The van der Waals surface area contributed by atoms with E-state index in [0.717, 1.165) is 6.21 Å². The molecule has 0 bridgehead atoms. The summed E-state index contributed by atoms with van der Waals surface area (Å²) in [6, 6.07) is 0. The largest absolute Gasteiger partial charge is 0.418 e. The Morgan fingerprint density at radius 1 is 2.00 bits per heavy atom. The van der Waals surface area contributed by atoms with Crippen LogP contribution < -0.4 is 0 Å². The van der Waals surface area contributed by atoms with Crippen LogP contribution in [0.15, 0.2) is 0 Å². The van der Waals surface area contributed by atoms with E-state index in [1.165, 1.54) is 0 Å². The molecule has 0 aliphatic rings. The number of rotatable bonds is 1. The van der Waals surface area contributed by atoms with Crippen molar-refractivity contribution in [3.05, 3.63) is 5.21 Å². The first kappa shape index (κ1) is 5.27. The van der Waals surface area contributed by atoms with Gasteiger partial charge in [-0.05, 0) is 0 Å². The van der Waals surface area contributed by atoms with Crippen LogP contribution in [0.3, 0.4) is 0 Å². The van der Waals surface area contributed by atoms with E-state index in [-0.39, 0.29) is 4.90 Å². The van der Waals surface area contributed by atoms with E-state index in [9.17, 15) is 5.21 Å². The summed E-state index contributed by atoms with van der Waals surface area (Å²) in [5.41, 5.74) is 0. The maximum Gasteiger partial charge on any atom is 0.209 e. The fourth-order valence-electron chi connectivity index (χ4n) is 0.156. The van der Waals surface area contributed by atoms with Crippen molar-refractivity contribution >= 4 is 6.21 Å². The highest BCUT2D eigenvalue weighted by molar-refractivity contribution is 5.49. The number of hydrogen-bond acceptors (Lipinski definition) is 2. The van der Waals surface area contributed by atoms with Gasteiger partial charge >= 0.3 is 0 Å². The first-order chi connectivity index (χ1) is 2.77. The molecule has 0 saturated heterocycles. The summed E-state index contributed by atoms with van der Waals surface area (Å²) in [5, 5.41) is 17.2. The van der Waals surface area contributed by atoms with Crippen molar-refractivity contribution in [3.63, 3.8) is 0 Å². The van der Waals surface area contributed by atoms with Gasteiger partial charge in [-0.25, -0.2) is 0 Å². The zero-order chi connectivity index (χ0) is 4.99. The molecular formula is C3H7NO2. The standard InChI is InChI=1S/C3H7NO2/c1-2-3-4(5)6/h3H,2H2,1H3,(H,5,6). The van der Waals surface area contributed by atoms with Gasteiger partial charge in [-0.15, -0.1) is 0 Å². The summed E-state index contributed by atoms with van der Waals surface area (Å²) >= 11 is 0. The minimum Gasteiger partial charge on any atom is -0.418 e. The molecule has 0 unspecified atom stereocenters. The van der Waals surface area contributed by atoms with Gasteiger partial charge in [-0.1, -0.05) is 6.92 Å². The van der Waals surface area contributed by atoms with Gasteiger partial charge in [0.05, 0.1) is 0 Å². The Morgan fingerprint density at radius 3 is 2.50 bits per heavy atom. The summed E-state index contributed by atoms with van der Waals surface area (Å²) < 4.78 is 0. The Labute approximate surface area is 36.1 Å². The molecular weight excluding hydrogens is 82.0 g/mol. The quantitative estimate of drug-likeness (QED) is 0.218. The Hall–Kier alpha value is -0.730. The summed E-state index contributed by atoms with van der Waals surface area (Å²) in [5.74, 6) is 0. The molecule has 0 rings (SSSR count). The van der Waals surface area contributed by atoms with Crippen LogP contribution in [0.4, 0.5) is 0 Å². The lowest BCUT2D eigenvalue weighted by atomic mass is 10.6. The molecule has 0 atom stereocenters. The van der Waals surface area contributed by atoms with Crippen LogP contribution >= 0.6 is 0 Å². The van der Waals surface area contributed by atoms with Crippen LogP contribution in [-0.4, -0.2) is 16.3 Å². The normalized spacial score (nSPS) is 11.8. The van der Waals surface area contributed by atoms with Gasteiger partial charge in [0.1, 0.15) is 0 Å². The van der Waals surface area contributed by atoms with Crippen molar-refractivity contribution in [1.29, 1.82) is 0 Å². The number of hydrogen-bond donors (Lipinski definition) is 1. The first-order valence-electron chi connectivity index (χ1n) is 1.76. The van der Waals surface area contributed by atoms with E-state index < -0.39 is 0 Å². The van der Waals surface area contributed by atoms with Gasteiger partial charge in [-0.3, -0.25) is 5.21 Å². The van der Waals surface area contributed by atoms with E-state index in [1.807, 2.05) is 0 Å². The predicted molar refractivity (Wildman–Crippen MR) is 21.8 cm³/mol. The van der Waals surface area contributed by atoms with E-state index in [4.69, 9.17) is 5.21 Å². The molecule has 1 N–H and O–H groups in total. The molecule has 0 aliphatic carbocycles. The van der Waals surface area contributed by atoms with E-state index in [2.05, 4.69) is 0 Å². The molecule has 3 nitrogen and oxygen atoms in total. The second-order valence-corrected chi connectivity index (χ2v) is 0.893. The van der Waals surface area contributed by atoms with E-state index >= 15 is 0 Å². The maximum absolute atomic E-state index is 9.46. The fraction of sp³-hybridized carbons (Fsp3) is 0.667. The smallest absolute Gasteiger partial charge is 0.209 e. The lowest BCUT2D eigenvalue weighted by Gasteiger charge is -1.78. The third-order valence-electron chi connectivity index (χ3n) is 0.339. The van der Waals surface area contributed by atoms with Crippen LogP contribution in [0.5, 0.6) is 0 Å². The molecule has 0 aromatic rings. The zero-order valence-electron chi connectivity index (χ0n) is 3.59. The SMILES string of the molecule is CC/C=[N+](\[O-])O. The third-order valence-corrected chi connectivity index (χ3v) is 0.339. The third kappa shape index (κ3) is 3.27. The minimum atomic E-state index is -0.194. The summed E-state index contributed by atoms with van der Waals surface area (Å²) in [6.07, 6.45) is 1.69. The minimum absolute atomic E-state index is 0.194. The molecule has 0 fully saturated rings. The van der Waals surface area contributed by atoms with Crippen molar-refractivity contribution in [2.45, 2.75) is 13.3 Å². The van der Waals surface area contributed by atoms with Crippen LogP contribution in [0.25, 0.3) is 0 Å². The first-order valence-corrected chi connectivity index (χ1v) is 1.76. The van der Waals surface area contributed by atoms with Crippen molar-refractivity contribution in [2.24, 2.45) is 0 Å². The Bertz CT molecular complexity index is 55.8. The zero-order valence-corrected chi connectivity index (χ0v) is 3.59. The van der Waals surface area contributed by atoms with Gasteiger partial charge in [0, 0.05) is 11.3 Å². The van der Waals surface area contributed by atoms with E-state index in [1.54, 1.807) is 6.92 Å². The van der Waals surface area contributed by atoms with Crippen LogP contribution in [-0.2, 0) is 0 Å². The molecule has 6 heavy (non-hydrogen) atoms. The number of nitrogens with zero attached hydrogens (tertiary/aromatic N) is 1. The van der Waals surface area contributed by atoms with Crippen LogP contribution in [0.2, 0.25) is 0 Å². The maximum atomic E-state index is 9.46. The van der Waals surface area contributed by atoms with Crippen molar-refractivity contribution in [2.75, 3.05) is 0 Å². The molecule has 0 aromatic heterocycles. The molecule has 0 radical (unpaired) electrons. The Morgan fingerprint density at radius 2 is 2.50 bits per heavy atom. The summed E-state index contributed by atoms with van der Waals surface area (Å²) in [7, 11) is 0. The average Bonchev–Trinajstić information content (AvgIpc) is 1.35. The van der Waals surface area contributed by atoms with Gasteiger partial charge in [-0.2, -0.15) is 0 Å². The topological polar surface area (TPSA) is 46.3 Å². The molecule has 3 heteroatoms. The second kappa shape index (κ2) is 2.50. The molecule has 0 aliphatic heterocycles. The Balaban J connectivity index is 3.14. The average molecular weight is 89.1 g/mol. The highest BCUT2D eigenvalue weighted by atomic mass is 16.8. The molecule has 0 saturated carbocycles. The molecule has 0 heterocycles. The molecule has 36 valence electrons. The van der Waals surface area contributed by atoms with Gasteiger partial charge in [0.15, 0.2) is 0 Å². The predicted octanol–water partition coefficient (Wildman–Crippen LogP) is 0.367. The highest BCUT2D eigenvalue weighted by Crippen LogP contribution is 1.62. The van der Waals surface area contributed by atoms with Crippen LogP contribution in [0.1, 0.15) is 13.3 Å². The lowest BCUT2D eigenvalue weighted by molar-refractivity contribution is -0.723. The molecule has 0 aromatic carbocycles. The fourth-order valence-corrected chi connectivity index (χ4v) is 0.156. The second-order valence-electron chi connectivity index (χ2n) is 0.893. The summed E-state index contributed by atoms with van der Waals surface area (Å²) in [4.78, 5) is -0.194. The van der Waals surface area contributed by atoms with E-state index in [0.29, 0.717) is 6.42 Å². The monoisotopic (exact) mass is 89.0 g/mol. The van der Waals surface area contributed by atoms with Crippen LogP contribution in [0, 0.1) is 5.21 Å². The highest BCUT2D eigenvalue weighted by Gasteiger charge is 1.74. The van der Waals surface area contributed by atoms with Gasteiger partial charge in [0.25, 0.3) is 0 Å². The van der Waals surface area contributed by atoms with Crippen molar-refractivity contribution < 1.29 is 10.1 Å². The summed E-state index contributed by atoms with van der Waals surface area (Å²) in [6.45, 7) is 1.76. The van der Waals surface area contributed by atoms with Crippen molar-refractivity contribution in [1.82, 2.24) is 0 Å². The van der Waals surface area contributed by atoms with Crippen molar-refractivity contribution in [3.8, 4) is 0 Å². The molecule has 0 spiro atoms. The molecule has 0 amide bonds.